The monoisotopic (exact) mass is 278 g/mol. The molecule has 0 amide bonds. The summed E-state index contributed by atoms with van der Waals surface area (Å²) in [5, 5.41) is 45.8. The van der Waals surface area contributed by atoms with E-state index in [2.05, 4.69) is 4.74 Å². The number of carbonyl (C=O) groups excluding carboxylic acids is 2. The predicted molar refractivity (Wildman–Crippen MR) is 61.9 cm³/mol. The summed E-state index contributed by atoms with van der Waals surface area (Å²) in [4.78, 5) is 22.5. The van der Waals surface area contributed by atoms with Crippen LogP contribution in [0.1, 0.15) is 6.92 Å². The number of ketones is 1. The Morgan fingerprint density at radius 1 is 1.16 bits per heavy atom. The van der Waals surface area contributed by atoms with Crippen molar-refractivity contribution in [2.45, 2.75) is 31.3 Å². The second kappa shape index (κ2) is 7.97. The first-order valence-electron chi connectivity index (χ1n) is 5.39. The Balaban J connectivity index is 4.78. The van der Waals surface area contributed by atoms with Gasteiger partial charge in [0.05, 0.1) is 13.7 Å². The van der Waals surface area contributed by atoms with E-state index in [-0.39, 0.29) is 5.57 Å². The normalized spacial score (nSPS) is 18.4. The number of aliphatic hydroxyl groups excluding tert-OH is 5. The lowest BCUT2D eigenvalue weighted by Gasteiger charge is -2.24. The first-order valence-corrected chi connectivity index (χ1v) is 5.39. The maximum atomic E-state index is 11.5. The van der Waals surface area contributed by atoms with E-state index in [4.69, 9.17) is 10.2 Å². The van der Waals surface area contributed by atoms with Crippen LogP contribution in [0.2, 0.25) is 0 Å². The summed E-state index contributed by atoms with van der Waals surface area (Å²) in [5.74, 6) is -1.83. The number of methoxy groups -OCH3 is 1. The third-order valence-electron chi connectivity index (χ3n) is 2.41. The number of esters is 1. The van der Waals surface area contributed by atoms with E-state index in [1.54, 1.807) is 0 Å². The van der Waals surface area contributed by atoms with Gasteiger partial charge in [0.1, 0.15) is 24.4 Å². The van der Waals surface area contributed by atoms with Crippen molar-refractivity contribution in [3.63, 3.8) is 0 Å². The standard InChI is InChI=1S/C11H18O8/c1-5(11(18)19-2)3-6(13)8(15)10(17)9(16)7(14)4-12/h3,7-10,12,14-17H,4H2,1-2H3/t7-,8+,9-,10-/m1/s1. The lowest BCUT2D eigenvalue weighted by molar-refractivity contribution is -0.143. The average molecular weight is 278 g/mol. The number of aliphatic hydroxyl groups is 5. The molecule has 0 saturated carbocycles. The topological polar surface area (TPSA) is 145 Å². The molecule has 19 heavy (non-hydrogen) atoms. The molecule has 0 aliphatic rings. The molecule has 0 aromatic rings. The van der Waals surface area contributed by atoms with Crippen molar-refractivity contribution < 1.29 is 39.9 Å². The van der Waals surface area contributed by atoms with Crippen molar-refractivity contribution in [1.29, 1.82) is 0 Å². The van der Waals surface area contributed by atoms with E-state index in [0.29, 0.717) is 0 Å². The van der Waals surface area contributed by atoms with Gasteiger partial charge in [0.15, 0.2) is 5.78 Å². The largest absolute Gasteiger partial charge is 0.466 e. The van der Waals surface area contributed by atoms with Crippen LogP contribution in [-0.2, 0) is 14.3 Å². The minimum absolute atomic E-state index is 0.101. The van der Waals surface area contributed by atoms with Crippen molar-refractivity contribution >= 4 is 11.8 Å². The minimum atomic E-state index is -2.05. The van der Waals surface area contributed by atoms with Crippen LogP contribution < -0.4 is 0 Å². The SMILES string of the molecule is COC(=O)C(C)=CC(=O)[C@H](O)[C@@H](O)[C@H](O)[C@H](O)CO. The summed E-state index contributed by atoms with van der Waals surface area (Å²) >= 11 is 0. The maximum absolute atomic E-state index is 11.5. The molecule has 0 radical (unpaired) electrons. The Labute approximate surface area is 109 Å². The molecule has 110 valence electrons. The molecule has 0 spiro atoms. The zero-order chi connectivity index (χ0) is 15.2. The highest BCUT2D eigenvalue weighted by Gasteiger charge is 2.33. The maximum Gasteiger partial charge on any atom is 0.333 e. The van der Waals surface area contributed by atoms with Gasteiger partial charge in [-0.2, -0.15) is 0 Å². The molecule has 0 fully saturated rings. The molecular weight excluding hydrogens is 260 g/mol. The van der Waals surface area contributed by atoms with Gasteiger partial charge in [-0.1, -0.05) is 0 Å². The quantitative estimate of drug-likeness (QED) is 0.246. The molecule has 0 bridgehead atoms. The van der Waals surface area contributed by atoms with Gasteiger partial charge >= 0.3 is 5.97 Å². The Bertz CT molecular complexity index is 351. The lowest BCUT2D eigenvalue weighted by atomic mass is 9.99. The van der Waals surface area contributed by atoms with Gasteiger partial charge in [0, 0.05) is 5.57 Å². The van der Waals surface area contributed by atoms with Crippen molar-refractivity contribution in [2.24, 2.45) is 0 Å². The highest BCUT2D eigenvalue weighted by Crippen LogP contribution is 2.08. The van der Waals surface area contributed by atoms with E-state index in [9.17, 15) is 24.9 Å². The van der Waals surface area contributed by atoms with Crippen LogP contribution in [0.25, 0.3) is 0 Å². The highest BCUT2D eigenvalue weighted by molar-refractivity contribution is 6.01. The van der Waals surface area contributed by atoms with Gasteiger partial charge in [0.2, 0.25) is 0 Å². The average Bonchev–Trinajstić information content (AvgIpc) is 2.42. The summed E-state index contributed by atoms with van der Waals surface area (Å²) in [6.07, 6.45) is -6.91. The third-order valence-corrected chi connectivity index (χ3v) is 2.41. The van der Waals surface area contributed by atoms with Gasteiger partial charge in [-0.15, -0.1) is 0 Å². The van der Waals surface area contributed by atoms with Crippen molar-refractivity contribution in [1.82, 2.24) is 0 Å². The molecule has 8 nitrogen and oxygen atoms in total. The Kier molecular flexibility index (Phi) is 7.42. The van der Waals surface area contributed by atoms with Gasteiger partial charge in [-0.3, -0.25) is 4.79 Å². The van der Waals surface area contributed by atoms with Crippen LogP contribution in [0.3, 0.4) is 0 Å². The second-order valence-corrected chi connectivity index (χ2v) is 3.90. The van der Waals surface area contributed by atoms with Crippen LogP contribution in [0.4, 0.5) is 0 Å². The summed E-state index contributed by atoms with van der Waals surface area (Å²) in [5.41, 5.74) is -0.101. The van der Waals surface area contributed by atoms with Gasteiger partial charge in [-0.05, 0) is 13.0 Å². The first kappa shape index (κ1) is 17.7. The predicted octanol–water partition coefficient (Wildman–Crippen LogP) is -2.89. The molecule has 5 N–H and O–H groups in total. The first-order chi connectivity index (χ1) is 8.76. The third kappa shape index (κ3) is 5.05. The number of carbonyl (C=O) groups is 2. The van der Waals surface area contributed by atoms with Crippen molar-refractivity contribution in [3.8, 4) is 0 Å². The molecular formula is C11H18O8. The molecule has 0 saturated heterocycles. The molecule has 0 aliphatic heterocycles. The number of hydrogen-bond donors (Lipinski definition) is 5. The van der Waals surface area contributed by atoms with Crippen LogP contribution >= 0.6 is 0 Å². The Hall–Kier alpha value is -1.32. The summed E-state index contributed by atoms with van der Waals surface area (Å²) < 4.78 is 4.33. The molecule has 0 aromatic heterocycles. The van der Waals surface area contributed by atoms with E-state index in [1.807, 2.05) is 0 Å². The lowest BCUT2D eigenvalue weighted by Crippen LogP contribution is -2.48. The summed E-state index contributed by atoms with van der Waals surface area (Å²) in [7, 11) is 1.11. The van der Waals surface area contributed by atoms with Crippen LogP contribution in [-0.4, -0.2) is 75.4 Å². The van der Waals surface area contributed by atoms with Crippen LogP contribution in [0.5, 0.6) is 0 Å². The number of ether oxygens (including phenoxy) is 1. The van der Waals surface area contributed by atoms with Gasteiger partial charge in [0.25, 0.3) is 0 Å². The van der Waals surface area contributed by atoms with E-state index < -0.39 is 42.8 Å². The fourth-order valence-electron chi connectivity index (χ4n) is 1.21. The van der Waals surface area contributed by atoms with E-state index in [1.165, 1.54) is 6.92 Å². The summed E-state index contributed by atoms with van der Waals surface area (Å²) in [6.45, 7) is 0.415. The zero-order valence-corrected chi connectivity index (χ0v) is 10.6. The highest BCUT2D eigenvalue weighted by atomic mass is 16.5. The van der Waals surface area contributed by atoms with Crippen LogP contribution in [0, 0.1) is 0 Å². The van der Waals surface area contributed by atoms with E-state index >= 15 is 0 Å². The minimum Gasteiger partial charge on any atom is -0.466 e. The molecule has 0 aliphatic carbocycles. The van der Waals surface area contributed by atoms with Crippen LogP contribution in [0.15, 0.2) is 11.6 Å². The van der Waals surface area contributed by atoms with E-state index in [0.717, 1.165) is 13.2 Å². The molecule has 0 aromatic carbocycles. The Morgan fingerprint density at radius 2 is 1.68 bits per heavy atom. The van der Waals surface area contributed by atoms with Gasteiger partial charge < -0.3 is 30.3 Å². The smallest absolute Gasteiger partial charge is 0.333 e. The van der Waals surface area contributed by atoms with Gasteiger partial charge in [-0.25, -0.2) is 4.79 Å². The molecule has 0 unspecified atom stereocenters. The fraction of sp³-hybridized carbons (Fsp3) is 0.636. The number of hydrogen-bond acceptors (Lipinski definition) is 8. The molecule has 8 heteroatoms. The fourth-order valence-corrected chi connectivity index (χ4v) is 1.21. The van der Waals surface area contributed by atoms with Crippen molar-refractivity contribution in [2.75, 3.05) is 13.7 Å². The molecule has 4 atom stereocenters. The number of rotatable bonds is 7. The Morgan fingerprint density at radius 3 is 2.11 bits per heavy atom. The zero-order valence-electron chi connectivity index (χ0n) is 10.6. The second-order valence-electron chi connectivity index (χ2n) is 3.90. The summed E-state index contributed by atoms with van der Waals surface area (Å²) in [6, 6.07) is 0. The molecule has 0 heterocycles. The molecule has 0 rings (SSSR count). The van der Waals surface area contributed by atoms with Crippen molar-refractivity contribution in [3.05, 3.63) is 11.6 Å².